The normalized spacial score (nSPS) is 30.1. The lowest BCUT2D eigenvalue weighted by atomic mass is 9.79. The van der Waals surface area contributed by atoms with Crippen LogP contribution in [-0.2, 0) is 15.1 Å². The predicted molar refractivity (Wildman–Crippen MR) is 83.8 cm³/mol. The van der Waals surface area contributed by atoms with E-state index in [2.05, 4.69) is 4.98 Å². The van der Waals surface area contributed by atoms with Gasteiger partial charge in [0.1, 0.15) is 17.0 Å². The van der Waals surface area contributed by atoms with Crippen LogP contribution in [0.5, 0.6) is 0 Å². The monoisotopic (exact) mass is 338 g/mol. The van der Waals surface area contributed by atoms with Crippen LogP contribution in [0.2, 0.25) is 0 Å². The number of aromatic nitrogens is 1. The van der Waals surface area contributed by atoms with Crippen molar-refractivity contribution in [2.24, 2.45) is 0 Å². The standard InChI is InChI=1S/C17H23FN2O4/c1-16(2,3)24-15(21)20-12-7-17(22,8-13(20)10-23-9-12)14-6-11(18)4-5-19-14/h4-6,12-13,22H,7-10H2,1-3H3. The Kier molecular flexibility index (Phi) is 4.25. The second-order valence-electron chi connectivity index (χ2n) is 7.53. The highest BCUT2D eigenvalue weighted by Gasteiger charge is 2.50. The fourth-order valence-electron chi connectivity index (χ4n) is 3.46. The smallest absolute Gasteiger partial charge is 0.410 e. The molecule has 1 N–H and O–H groups in total. The first-order chi connectivity index (χ1) is 11.2. The lowest BCUT2D eigenvalue weighted by Crippen LogP contribution is -2.63. The van der Waals surface area contributed by atoms with E-state index in [1.54, 1.807) is 4.90 Å². The summed E-state index contributed by atoms with van der Waals surface area (Å²) in [7, 11) is 0. The van der Waals surface area contributed by atoms with Crippen molar-refractivity contribution in [3.8, 4) is 0 Å². The molecule has 2 unspecified atom stereocenters. The van der Waals surface area contributed by atoms with Gasteiger partial charge >= 0.3 is 6.09 Å². The quantitative estimate of drug-likeness (QED) is 0.850. The summed E-state index contributed by atoms with van der Waals surface area (Å²) in [6, 6.07) is 1.83. The number of rotatable bonds is 1. The first-order valence-electron chi connectivity index (χ1n) is 8.11. The van der Waals surface area contributed by atoms with E-state index in [9.17, 15) is 14.3 Å². The van der Waals surface area contributed by atoms with Gasteiger partial charge in [0.05, 0.1) is 31.0 Å². The van der Waals surface area contributed by atoms with Crippen molar-refractivity contribution in [2.45, 2.75) is 56.9 Å². The van der Waals surface area contributed by atoms with Crippen LogP contribution in [0.4, 0.5) is 9.18 Å². The minimum Gasteiger partial charge on any atom is -0.444 e. The summed E-state index contributed by atoms with van der Waals surface area (Å²) in [6.45, 7) is 6.07. The van der Waals surface area contributed by atoms with Gasteiger partial charge in [0.25, 0.3) is 0 Å². The number of carbonyl (C=O) groups excluding carboxylic acids is 1. The molecule has 1 aromatic rings. The number of halogens is 1. The predicted octanol–water partition coefficient (Wildman–Crippen LogP) is 2.21. The van der Waals surface area contributed by atoms with E-state index < -0.39 is 23.1 Å². The Bertz CT molecular complexity index is 617. The molecule has 1 amide bonds. The Morgan fingerprint density at radius 3 is 2.58 bits per heavy atom. The third-order valence-electron chi connectivity index (χ3n) is 4.36. The fourth-order valence-corrected chi connectivity index (χ4v) is 3.46. The molecule has 2 aliphatic heterocycles. The Labute approximate surface area is 140 Å². The first-order valence-corrected chi connectivity index (χ1v) is 8.11. The van der Waals surface area contributed by atoms with Crippen LogP contribution in [0, 0.1) is 5.82 Å². The van der Waals surface area contributed by atoms with Gasteiger partial charge in [-0.1, -0.05) is 0 Å². The lowest BCUT2D eigenvalue weighted by molar-refractivity contribution is -0.142. The van der Waals surface area contributed by atoms with E-state index in [0.717, 1.165) is 0 Å². The molecule has 2 bridgehead atoms. The number of nitrogens with zero attached hydrogens (tertiary/aromatic N) is 2. The maximum absolute atomic E-state index is 13.5. The number of ether oxygens (including phenoxy) is 2. The minimum atomic E-state index is -1.28. The molecular formula is C17H23FN2O4. The Balaban J connectivity index is 1.84. The molecule has 0 saturated carbocycles. The van der Waals surface area contributed by atoms with Crippen LogP contribution in [0.15, 0.2) is 18.3 Å². The zero-order valence-corrected chi connectivity index (χ0v) is 14.2. The van der Waals surface area contributed by atoms with Gasteiger partial charge in [-0.3, -0.25) is 9.88 Å². The van der Waals surface area contributed by atoms with E-state index in [0.29, 0.717) is 18.9 Å². The fraction of sp³-hybridized carbons (Fsp3) is 0.647. The second-order valence-corrected chi connectivity index (χ2v) is 7.53. The van der Waals surface area contributed by atoms with Crippen molar-refractivity contribution < 1.29 is 23.8 Å². The summed E-state index contributed by atoms with van der Waals surface area (Å²) < 4.78 is 24.5. The third-order valence-corrected chi connectivity index (χ3v) is 4.36. The molecule has 2 fully saturated rings. The van der Waals surface area contributed by atoms with Crippen LogP contribution >= 0.6 is 0 Å². The molecule has 3 heterocycles. The van der Waals surface area contributed by atoms with Crippen molar-refractivity contribution in [1.82, 2.24) is 9.88 Å². The molecule has 7 heteroatoms. The van der Waals surface area contributed by atoms with Crippen LogP contribution < -0.4 is 0 Å². The van der Waals surface area contributed by atoms with Crippen molar-refractivity contribution in [2.75, 3.05) is 13.2 Å². The van der Waals surface area contributed by atoms with Gasteiger partial charge in [0, 0.05) is 19.0 Å². The summed E-state index contributed by atoms with van der Waals surface area (Å²) in [5.74, 6) is -0.440. The molecule has 0 radical (unpaired) electrons. The molecule has 24 heavy (non-hydrogen) atoms. The lowest BCUT2D eigenvalue weighted by Gasteiger charge is -2.51. The third kappa shape index (κ3) is 3.37. The van der Waals surface area contributed by atoms with Crippen molar-refractivity contribution in [1.29, 1.82) is 0 Å². The highest BCUT2D eigenvalue weighted by molar-refractivity contribution is 5.69. The molecule has 2 saturated heterocycles. The van der Waals surface area contributed by atoms with Crippen molar-refractivity contribution in [3.63, 3.8) is 0 Å². The molecule has 1 aromatic heterocycles. The molecular weight excluding hydrogens is 315 g/mol. The number of amides is 1. The molecule has 6 nitrogen and oxygen atoms in total. The summed E-state index contributed by atoms with van der Waals surface area (Å²) in [5, 5.41) is 11.0. The van der Waals surface area contributed by atoms with E-state index in [4.69, 9.17) is 9.47 Å². The molecule has 2 aliphatic rings. The van der Waals surface area contributed by atoms with Crippen molar-refractivity contribution >= 4 is 6.09 Å². The average Bonchev–Trinajstić information content (AvgIpc) is 2.44. The zero-order chi connectivity index (χ0) is 17.5. The summed E-state index contributed by atoms with van der Waals surface area (Å²) >= 11 is 0. The number of morpholine rings is 1. The average molecular weight is 338 g/mol. The first kappa shape index (κ1) is 17.1. The van der Waals surface area contributed by atoms with Gasteiger partial charge in [-0.2, -0.15) is 0 Å². The molecule has 3 rings (SSSR count). The molecule has 0 spiro atoms. The Morgan fingerprint density at radius 2 is 2.04 bits per heavy atom. The van der Waals surface area contributed by atoms with Gasteiger partial charge in [0.2, 0.25) is 0 Å². The molecule has 0 aliphatic carbocycles. The van der Waals surface area contributed by atoms with Gasteiger partial charge in [-0.25, -0.2) is 9.18 Å². The number of aliphatic hydroxyl groups is 1. The van der Waals surface area contributed by atoms with E-state index in [1.165, 1.54) is 18.3 Å². The van der Waals surface area contributed by atoms with Crippen LogP contribution in [0.25, 0.3) is 0 Å². The maximum atomic E-state index is 13.5. The van der Waals surface area contributed by atoms with E-state index >= 15 is 0 Å². The molecule has 0 aromatic carbocycles. The zero-order valence-electron chi connectivity index (χ0n) is 14.2. The molecule has 132 valence electrons. The number of pyridine rings is 1. The SMILES string of the molecule is CC(C)(C)OC(=O)N1C2COCC1CC(O)(c1cc(F)ccn1)C2. The second kappa shape index (κ2) is 5.97. The van der Waals surface area contributed by atoms with Crippen molar-refractivity contribution in [3.05, 3.63) is 29.8 Å². The number of fused-ring (bicyclic) bond motifs is 2. The summed E-state index contributed by atoms with van der Waals surface area (Å²) in [4.78, 5) is 18.3. The topological polar surface area (TPSA) is 71.9 Å². The summed E-state index contributed by atoms with van der Waals surface area (Å²) in [6.07, 6.45) is 1.41. The number of carbonyl (C=O) groups is 1. The minimum absolute atomic E-state index is 0.235. The highest BCUT2D eigenvalue weighted by atomic mass is 19.1. The van der Waals surface area contributed by atoms with Gasteiger partial charge in [0.15, 0.2) is 0 Å². The Morgan fingerprint density at radius 1 is 1.42 bits per heavy atom. The number of hydrogen-bond acceptors (Lipinski definition) is 5. The van der Waals surface area contributed by atoms with Crippen LogP contribution in [0.1, 0.15) is 39.3 Å². The summed E-state index contributed by atoms with van der Waals surface area (Å²) in [5.41, 5.74) is -1.58. The van der Waals surface area contributed by atoms with E-state index in [1.807, 2.05) is 20.8 Å². The van der Waals surface area contributed by atoms with Gasteiger partial charge < -0.3 is 14.6 Å². The molecule has 2 atom stereocenters. The van der Waals surface area contributed by atoms with Gasteiger partial charge in [-0.05, 0) is 32.9 Å². The van der Waals surface area contributed by atoms with Crippen LogP contribution in [-0.4, -0.2) is 52.0 Å². The van der Waals surface area contributed by atoms with Gasteiger partial charge in [-0.15, -0.1) is 0 Å². The Hall–Kier alpha value is -1.73. The number of hydrogen-bond donors (Lipinski definition) is 1. The van der Waals surface area contributed by atoms with Crippen LogP contribution in [0.3, 0.4) is 0 Å². The number of piperidine rings is 1. The highest BCUT2D eigenvalue weighted by Crippen LogP contribution is 2.40. The maximum Gasteiger partial charge on any atom is 0.410 e. The van der Waals surface area contributed by atoms with E-state index in [-0.39, 0.29) is 24.9 Å². The largest absolute Gasteiger partial charge is 0.444 e.